The van der Waals surface area contributed by atoms with Gasteiger partial charge in [-0.2, -0.15) is 0 Å². The minimum absolute atomic E-state index is 0.0232. The molecule has 0 aliphatic carbocycles. The maximum absolute atomic E-state index is 11.6. The molecular formula is C10H6ClN3O3S. The van der Waals surface area contributed by atoms with Gasteiger partial charge in [0.1, 0.15) is 0 Å². The van der Waals surface area contributed by atoms with E-state index in [1.165, 1.54) is 23.6 Å². The van der Waals surface area contributed by atoms with Crippen molar-refractivity contribution in [2.45, 2.75) is 0 Å². The maximum Gasteiger partial charge on any atom is 0.337 e. The van der Waals surface area contributed by atoms with Gasteiger partial charge in [0.25, 0.3) is 5.91 Å². The van der Waals surface area contributed by atoms with Crippen LogP contribution in [0.15, 0.2) is 23.6 Å². The Kier molecular flexibility index (Phi) is 3.54. The topological polar surface area (TPSA) is 92.2 Å². The normalized spacial score (nSPS) is 10.1. The lowest BCUT2D eigenvalue weighted by Crippen LogP contribution is -2.12. The molecule has 1 aromatic heterocycles. The first-order chi connectivity index (χ1) is 8.58. The number of amides is 1. The van der Waals surface area contributed by atoms with Crippen molar-refractivity contribution in [1.29, 1.82) is 0 Å². The van der Waals surface area contributed by atoms with Crippen LogP contribution in [-0.4, -0.2) is 26.6 Å². The molecule has 0 unspecified atom stereocenters. The summed E-state index contributed by atoms with van der Waals surface area (Å²) in [4.78, 5) is 22.4. The zero-order chi connectivity index (χ0) is 13.1. The molecule has 0 bridgehead atoms. The van der Waals surface area contributed by atoms with Gasteiger partial charge in [-0.05, 0) is 29.7 Å². The van der Waals surface area contributed by atoms with E-state index in [0.717, 1.165) is 11.5 Å². The highest BCUT2D eigenvalue weighted by Crippen LogP contribution is 2.21. The summed E-state index contributed by atoms with van der Waals surface area (Å²) in [5.41, 5.74) is 0.562. The van der Waals surface area contributed by atoms with E-state index in [1.54, 1.807) is 0 Å². The summed E-state index contributed by atoms with van der Waals surface area (Å²) in [6, 6.07) is 4.13. The number of carbonyl (C=O) groups excluding carboxylic acids is 1. The third-order valence-electron chi connectivity index (χ3n) is 2.05. The number of rotatable bonds is 3. The van der Waals surface area contributed by atoms with Gasteiger partial charge in [-0.25, -0.2) is 4.79 Å². The van der Waals surface area contributed by atoms with Gasteiger partial charge in [0.2, 0.25) is 0 Å². The number of nitrogens with zero attached hydrogens (tertiary/aromatic N) is 2. The van der Waals surface area contributed by atoms with Crippen molar-refractivity contribution in [3.05, 3.63) is 39.9 Å². The minimum Gasteiger partial charge on any atom is -0.478 e. The molecule has 0 saturated heterocycles. The lowest BCUT2D eigenvalue weighted by molar-refractivity contribution is 0.0697. The van der Waals surface area contributed by atoms with Crippen LogP contribution in [-0.2, 0) is 0 Å². The van der Waals surface area contributed by atoms with E-state index >= 15 is 0 Å². The lowest BCUT2D eigenvalue weighted by Gasteiger charge is -2.05. The van der Waals surface area contributed by atoms with E-state index in [2.05, 4.69) is 14.9 Å². The van der Waals surface area contributed by atoms with Crippen LogP contribution in [0.5, 0.6) is 0 Å². The summed E-state index contributed by atoms with van der Waals surface area (Å²) in [5.74, 6) is -1.55. The fourth-order valence-corrected chi connectivity index (χ4v) is 1.92. The molecule has 8 heteroatoms. The number of benzene rings is 1. The predicted octanol–water partition coefficient (Wildman–Crippen LogP) is 2.14. The number of carboxylic acids is 1. The Morgan fingerprint density at radius 1 is 1.39 bits per heavy atom. The largest absolute Gasteiger partial charge is 0.478 e. The van der Waals surface area contributed by atoms with Crippen molar-refractivity contribution in [1.82, 2.24) is 9.59 Å². The predicted molar refractivity (Wildman–Crippen MR) is 66.3 cm³/mol. The third-order valence-corrected chi connectivity index (χ3v) is 2.87. The van der Waals surface area contributed by atoms with Crippen LogP contribution in [0.3, 0.4) is 0 Å². The number of hydrogen-bond donors (Lipinski definition) is 2. The second-order valence-electron chi connectivity index (χ2n) is 3.24. The quantitative estimate of drug-likeness (QED) is 0.900. The van der Waals surface area contributed by atoms with E-state index in [0.29, 0.717) is 5.69 Å². The number of anilines is 1. The average molecular weight is 284 g/mol. The van der Waals surface area contributed by atoms with Gasteiger partial charge < -0.3 is 10.4 Å². The van der Waals surface area contributed by atoms with Gasteiger partial charge in [-0.3, -0.25) is 4.79 Å². The molecule has 0 saturated carbocycles. The fraction of sp³-hybridized carbons (Fsp3) is 0. The first-order valence-corrected chi connectivity index (χ1v) is 5.90. The molecule has 0 atom stereocenters. The van der Waals surface area contributed by atoms with Crippen molar-refractivity contribution >= 4 is 40.7 Å². The van der Waals surface area contributed by atoms with Gasteiger partial charge in [-0.15, -0.1) is 5.10 Å². The van der Waals surface area contributed by atoms with Crippen LogP contribution in [0.4, 0.5) is 5.69 Å². The van der Waals surface area contributed by atoms with E-state index < -0.39 is 11.9 Å². The van der Waals surface area contributed by atoms with Crippen LogP contribution >= 0.6 is 23.1 Å². The lowest BCUT2D eigenvalue weighted by atomic mass is 10.2. The number of hydrogen-bond acceptors (Lipinski definition) is 5. The Balaban J connectivity index is 2.18. The highest BCUT2D eigenvalue weighted by molar-refractivity contribution is 7.03. The second kappa shape index (κ2) is 5.11. The number of aromatic nitrogens is 2. The molecule has 6 nitrogen and oxygen atoms in total. The number of aromatic carboxylic acids is 1. The van der Waals surface area contributed by atoms with Crippen LogP contribution < -0.4 is 5.32 Å². The third kappa shape index (κ3) is 2.63. The highest BCUT2D eigenvalue weighted by Gasteiger charge is 2.12. The van der Waals surface area contributed by atoms with Gasteiger partial charge in [0.15, 0.2) is 5.69 Å². The standard InChI is InChI=1S/C10H6ClN3O3S/c11-7-3-5(1-2-6(7)10(16)17)12-9(15)8-4-18-14-13-8/h1-4H,(H,12,15)(H,16,17). The number of carboxylic acid groups (broad SMARTS) is 1. The van der Waals surface area contributed by atoms with Crippen LogP contribution in [0, 0.1) is 0 Å². The zero-order valence-electron chi connectivity index (χ0n) is 8.75. The monoisotopic (exact) mass is 283 g/mol. The van der Waals surface area contributed by atoms with Crippen LogP contribution in [0.25, 0.3) is 0 Å². The number of nitrogens with one attached hydrogen (secondary N) is 1. The molecule has 1 heterocycles. The molecule has 2 rings (SSSR count). The molecule has 0 aliphatic heterocycles. The van der Waals surface area contributed by atoms with Gasteiger partial charge >= 0.3 is 5.97 Å². The first-order valence-electron chi connectivity index (χ1n) is 4.69. The van der Waals surface area contributed by atoms with Crippen LogP contribution in [0.1, 0.15) is 20.8 Å². The maximum atomic E-state index is 11.6. The Morgan fingerprint density at radius 3 is 2.72 bits per heavy atom. The van der Waals surface area contributed by atoms with Crippen molar-refractivity contribution in [2.75, 3.05) is 5.32 Å². The Morgan fingerprint density at radius 2 is 2.17 bits per heavy atom. The van der Waals surface area contributed by atoms with Crippen LogP contribution in [0.2, 0.25) is 5.02 Å². The molecule has 0 fully saturated rings. The molecule has 1 aromatic carbocycles. The molecule has 92 valence electrons. The Hall–Kier alpha value is -1.99. The SMILES string of the molecule is O=C(Nc1ccc(C(=O)O)c(Cl)c1)c1csnn1. The fourth-order valence-electron chi connectivity index (χ4n) is 1.22. The number of carbonyl (C=O) groups is 2. The molecule has 18 heavy (non-hydrogen) atoms. The van der Waals surface area contributed by atoms with Crippen molar-refractivity contribution in [3.8, 4) is 0 Å². The summed E-state index contributed by atoms with van der Waals surface area (Å²) in [7, 11) is 0. The van der Waals surface area contributed by atoms with Gasteiger partial charge in [0.05, 0.1) is 10.6 Å². The van der Waals surface area contributed by atoms with E-state index in [9.17, 15) is 9.59 Å². The summed E-state index contributed by atoms with van der Waals surface area (Å²) < 4.78 is 3.57. The summed E-state index contributed by atoms with van der Waals surface area (Å²) >= 11 is 6.84. The Labute approximate surface area is 110 Å². The summed E-state index contributed by atoms with van der Waals surface area (Å²) in [6.45, 7) is 0. The van der Waals surface area contributed by atoms with Crippen molar-refractivity contribution in [3.63, 3.8) is 0 Å². The van der Waals surface area contributed by atoms with E-state index in [1.807, 2.05) is 0 Å². The molecule has 0 spiro atoms. The Bertz CT molecular complexity index is 600. The molecule has 2 N–H and O–H groups in total. The average Bonchev–Trinajstić information content (AvgIpc) is 2.81. The first kappa shape index (κ1) is 12.5. The van der Waals surface area contributed by atoms with Crippen molar-refractivity contribution < 1.29 is 14.7 Å². The molecular weight excluding hydrogens is 278 g/mol. The molecule has 0 aliphatic rings. The van der Waals surface area contributed by atoms with Crippen molar-refractivity contribution in [2.24, 2.45) is 0 Å². The molecule has 0 radical (unpaired) electrons. The second-order valence-corrected chi connectivity index (χ2v) is 4.26. The summed E-state index contributed by atoms with van der Waals surface area (Å²) in [5, 5.41) is 16.5. The van der Waals surface area contributed by atoms with E-state index in [-0.39, 0.29) is 16.3 Å². The van der Waals surface area contributed by atoms with E-state index in [4.69, 9.17) is 16.7 Å². The van der Waals surface area contributed by atoms with Gasteiger partial charge in [0, 0.05) is 11.1 Å². The number of halogens is 1. The van der Waals surface area contributed by atoms with Gasteiger partial charge in [-0.1, -0.05) is 16.1 Å². The zero-order valence-corrected chi connectivity index (χ0v) is 10.3. The molecule has 2 aromatic rings. The summed E-state index contributed by atoms with van der Waals surface area (Å²) in [6.07, 6.45) is 0. The molecule has 1 amide bonds. The smallest absolute Gasteiger partial charge is 0.337 e. The minimum atomic E-state index is -1.12. The highest BCUT2D eigenvalue weighted by atomic mass is 35.5.